The first-order valence-electron chi connectivity index (χ1n) is 7.60. The first-order valence-corrected chi connectivity index (χ1v) is 8.42. The van der Waals surface area contributed by atoms with Gasteiger partial charge in [-0.05, 0) is 63.6 Å². The molecule has 2 rings (SSSR count). The van der Waals surface area contributed by atoms with E-state index in [2.05, 4.69) is 5.32 Å². The van der Waals surface area contributed by atoms with Crippen LogP contribution in [0.3, 0.4) is 0 Å². The van der Waals surface area contributed by atoms with Crippen LogP contribution in [0.15, 0.2) is 36.4 Å². The minimum atomic E-state index is -0.107. The minimum Gasteiger partial charge on any atom is -0.491 e. The molecule has 0 atom stereocenters. The van der Waals surface area contributed by atoms with Crippen LogP contribution in [0, 0.1) is 0 Å². The van der Waals surface area contributed by atoms with Crippen molar-refractivity contribution in [3.63, 3.8) is 0 Å². The Balaban J connectivity index is 1.83. The Kier molecular flexibility index (Phi) is 5.93. The third-order valence-corrected chi connectivity index (χ3v) is 4.40. The van der Waals surface area contributed by atoms with E-state index in [1.807, 2.05) is 26.0 Å². The van der Waals surface area contributed by atoms with Crippen LogP contribution in [-0.4, -0.2) is 24.3 Å². The number of ketones is 1. The van der Waals surface area contributed by atoms with Gasteiger partial charge in [-0.25, -0.2) is 0 Å². The van der Waals surface area contributed by atoms with E-state index in [0.29, 0.717) is 12.1 Å². The number of hydrogen-bond donors (Lipinski definition) is 1. The molecule has 0 radical (unpaired) electrons. The van der Waals surface area contributed by atoms with Gasteiger partial charge in [-0.3, -0.25) is 9.59 Å². The third-order valence-electron chi connectivity index (χ3n) is 3.15. The van der Waals surface area contributed by atoms with Crippen molar-refractivity contribution in [3.05, 3.63) is 51.7 Å². The number of hydrogen-bond acceptors (Lipinski definition) is 4. The van der Waals surface area contributed by atoms with Crippen LogP contribution >= 0.6 is 11.3 Å². The van der Waals surface area contributed by atoms with Crippen molar-refractivity contribution < 1.29 is 14.3 Å². The van der Waals surface area contributed by atoms with Gasteiger partial charge in [-0.15, -0.1) is 11.3 Å². The molecule has 122 valence electrons. The summed E-state index contributed by atoms with van der Waals surface area (Å²) < 4.78 is 5.55. The molecule has 0 saturated carbocycles. The molecule has 0 bridgehead atoms. The number of rotatable bonds is 7. The van der Waals surface area contributed by atoms with E-state index in [9.17, 15) is 9.59 Å². The number of thiophene rings is 1. The van der Waals surface area contributed by atoms with Crippen LogP contribution in [0.2, 0.25) is 0 Å². The number of carbonyl (C=O) groups is 2. The molecule has 0 fully saturated rings. The SMILES string of the molecule is CC(=O)c1ccc(CCNC(=O)c2ccc(OC(C)C)cc2)s1. The molecule has 5 heteroatoms. The fourth-order valence-electron chi connectivity index (χ4n) is 2.06. The maximum Gasteiger partial charge on any atom is 0.251 e. The number of amides is 1. The van der Waals surface area contributed by atoms with E-state index in [1.54, 1.807) is 31.2 Å². The molecule has 1 N–H and O–H groups in total. The second-order valence-electron chi connectivity index (χ2n) is 5.52. The molecule has 1 aromatic carbocycles. The molecule has 2 aromatic rings. The van der Waals surface area contributed by atoms with Gasteiger partial charge in [0.05, 0.1) is 11.0 Å². The number of nitrogens with one attached hydrogen (secondary N) is 1. The van der Waals surface area contributed by atoms with Crippen LogP contribution in [0.5, 0.6) is 5.75 Å². The van der Waals surface area contributed by atoms with Crippen molar-refractivity contribution >= 4 is 23.0 Å². The van der Waals surface area contributed by atoms with E-state index < -0.39 is 0 Å². The molecule has 0 saturated heterocycles. The lowest BCUT2D eigenvalue weighted by molar-refractivity contribution is 0.0953. The highest BCUT2D eigenvalue weighted by Gasteiger charge is 2.07. The fourth-order valence-corrected chi connectivity index (χ4v) is 2.96. The highest BCUT2D eigenvalue weighted by Crippen LogP contribution is 2.17. The summed E-state index contributed by atoms with van der Waals surface area (Å²) in [5.41, 5.74) is 0.608. The van der Waals surface area contributed by atoms with Crippen molar-refractivity contribution in [2.45, 2.75) is 33.3 Å². The number of carbonyl (C=O) groups excluding carboxylic acids is 2. The molecule has 1 heterocycles. The van der Waals surface area contributed by atoms with Gasteiger partial charge in [-0.1, -0.05) is 0 Å². The van der Waals surface area contributed by atoms with E-state index in [1.165, 1.54) is 11.3 Å². The number of benzene rings is 1. The fraction of sp³-hybridized carbons (Fsp3) is 0.333. The Bertz CT molecular complexity index is 674. The van der Waals surface area contributed by atoms with Crippen molar-refractivity contribution in [3.8, 4) is 5.75 Å². The average Bonchev–Trinajstić information content (AvgIpc) is 2.96. The number of Topliss-reactive ketones (excluding diaryl/α,β-unsaturated/α-hetero) is 1. The lowest BCUT2D eigenvalue weighted by Crippen LogP contribution is -2.25. The topological polar surface area (TPSA) is 55.4 Å². The Labute approximate surface area is 140 Å². The summed E-state index contributed by atoms with van der Waals surface area (Å²) in [5, 5.41) is 2.89. The summed E-state index contributed by atoms with van der Waals surface area (Å²) in [6.45, 7) is 6.02. The van der Waals surface area contributed by atoms with Crippen LogP contribution in [0.4, 0.5) is 0 Å². The van der Waals surface area contributed by atoms with Crippen molar-refractivity contribution in [1.82, 2.24) is 5.32 Å². The lowest BCUT2D eigenvalue weighted by Gasteiger charge is -2.10. The van der Waals surface area contributed by atoms with Gasteiger partial charge >= 0.3 is 0 Å². The maximum atomic E-state index is 12.1. The van der Waals surface area contributed by atoms with Gasteiger partial charge in [0.2, 0.25) is 0 Å². The minimum absolute atomic E-state index is 0.0778. The molecule has 4 nitrogen and oxygen atoms in total. The van der Waals surface area contributed by atoms with Gasteiger partial charge in [0.1, 0.15) is 5.75 Å². The second-order valence-corrected chi connectivity index (χ2v) is 6.69. The molecular formula is C18H21NO3S. The summed E-state index contributed by atoms with van der Waals surface area (Å²) >= 11 is 1.48. The molecule has 1 aromatic heterocycles. The van der Waals surface area contributed by atoms with Crippen LogP contribution in [-0.2, 0) is 6.42 Å². The zero-order valence-electron chi connectivity index (χ0n) is 13.6. The average molecular weight is 331 g/mol. The molecule has 0 aliphatic rings. The standard InChI is InChI=1S/C18H21NO3S/c1-12(2)22-15-6-4-14(5-7-15)18(21)19-11-10-16-8-9-17(23-16)13(3)20/h4-9,12H,10-11H2,1-3H3,(H,19,21). The monoisotopic (exact) mass is 331 g/mol. The largest absolute Gasteiger partial charge is 0.491 e. The molecule has 1 amide bonds. The molecule has 23 heavy (non-hydrogen) atoms. The van der Waals surface area contributed by atoms with Crippen LogP contribution in [0.1, 0.15) is 45.7 Å². The van der Waals surface area contributed by atoms with Crippen molar-refractivity contribution in [2.24, 2.45) is 0 Å². The molecule has 0 spiro atoms. The Morgan fingerprint density at radius 3 is 2.39 bits per heavy atom. The van der Waals surface area contributed by atoms with Gasteiger partial charge in [0.25, 0.3) is 5.91 Å². The first-order chi connectivity index (χ1) is 11.0. The smallest absolute Gasteiger partial charge is 0.251 e. The van der Waals surface area contributed by atoms with E-state index in [-0.39, 0.29) is 17.8 Å². The Hall–Kier alpha value is -2.14. The van der Waals surface area contributed by atoms with E-state index >= 15 is 0 Å². The van der Waals surface area contributed by atoms with E-state index in [0.717, 1.165) is 21.9 Å². The third kappa shape index (κ3) is 5.21. The van der Waals surface area contributed by atoms with Crippen LogP contribution < -0.4 is 10.1 Å². The summed E-state index contributed by atoms with van der Waals surface area (Å²) in [5.74, 6) is 0.727. The molecule has 0 aliphatic heterocycles. The van der Waals surface area contributed by atoms with Gasteiger partial charge in [0, 0.05) is 17.0 Å². The molecule has 0 unspecified atom stereocenters. The van der Waals surface area contributed by atoms with Gasteiger partial charge < -0.3 is 10.1 Å². The molecule has 0 aliphatic carbocycles. The van der Waals surface area contributed by atoms with Crippen molar-refractivity contribution in [1.29, 1.82) is 0 Å². The zero-order valence-corrected chi connectivity index (χ0v) is 14.4. The normalized spacial score (nSPS) is 10.6. The first kappa shape index (κ1) is 17.2. The summed E-state index contributed by atoms with van der Waals surface area (Å²) in [6.07, 6.45) is 0.832. The van der Waals surface area contributed by atoms with Gasteiger partial charge in [0.15, 0.2) is 5.78 Å². The van der Waals surface area contributed by atoms with Crippen LogP contribution in [0.25, 0.3) is 0 Å². The lowest BCUT2D eigenvalue weighted by atomic mass is 10.2. The number of ether oxygens (including phenoxy) is 1. The van der Waals surface area contributed by atoms with Crippen molar-refractivity contribution in [2.75, 3.05) is 6.54 Å². The Morgan fingerprint density at radius 1 is 1.13 bits per heavy atom. The predicted molar refractivity (Wildman–Crippen MR) is 92.6 cm³/mol. The molecular weight excluding hydrogens is 310 g/mol. The second kappa shape index (κ2) is 7.92. The zero-order chi connectivity index (χ0) is 16.8. The maximum absolute atomic E-state index is 12.1. The Morgan fingerprint density at radius 2 is 1.83 bits per heavy atom. The van der Waals surface area contributed by atoms with E-state index in [4.69, 9.17) is 4.74 Å². The van der Waals surface area contributed by atoms with Gasteiger partial charge in [-0.2, -0.15) is 0 Å². The summed E-state index contributed by atoms with van der Waals surface area (Å²) in [4.78, 5) is 25.2. The predicted octanol–water partition coefficient (Wildman–Crippen LogP) is 3.71. The quantitative estimate of drug-likeness (QED) is 0.787. The summed E-state index contributed by atoms with van der Waals surface area (Å²) in [7, 11) is 0. The summed E-state index contributed by atoms with van der Waals surface area (Å²) in [6, 6.07) is 10.9. The highest BCUT2D eigenvalue weighted by molar-refractivity contribution is 7.14. The highest BCUT2D eigenvalue weighted by atomic mass is 32.1.